The molecule has 1 aliphatic rings. The van der Waals surface area contributed by atoms with Gasteiger partial charge in [0.05, 0.1) is 4.83 Å². The van der Waals surface area contributed by atoms with Crippen LogP contribution in [0.15, 0.2) is 34.8 Å². The number of benzene rings is 1. The van der Waals surface area contributed by atoms with Crippen LogP contribution in [0.25, 0.3) is 0 Å². The largest absolute Gasteiger partial charge is 0.486 e. The van der Waals surface area contributed by atoms with Gasteiger partial charge in [0.25, 0.3) is 0 Å². The second kappa shape index (κ2) is 5.64. The van der Waals surface area contributed by atoms with E-state index in [1.165, 1.54) is 11.3 Å². The molecule has 1 aromatic carbocycles. The molecule has 1 aliphatic heterocycles. The summed E-state index contributed by atoms with van der Waals surface area (Å²) in [5, 5.41) is 0. The summed E-state index contributed by atoms with van der Waals surface area (Å²) in [6, 6.07) is 9.71. The normalized spacial score (nSPS) is 19.2. The van der Waals surface area contributed by atoms with Crippen molar-refractivity contribution in [3.05, 3.63) is 44.0 Å². The second-order valence-corrected chi connectivity index (χ2v) is 7.61. The molecule has 2 unspecified atom stereocenters. The number of halogens is 3. The molecule has 2 atom stereocenters. The SMILES string of the molecule is Clc1sc(C(Br)C2COc3ccccc3O2)cc1Br. The van der Waals surface area contributed by atoms with Gasteiger partial charge in [-0.25, -0.2) is 0 Å². The Balaban J connectivity index is 1.81. The van der Waals surface area contributed by atoms with Gasteiger partial charge in [0.2, 0.25) is 0 Å². The fraction of sp³-hybridized carbons (Fsp3) is 0.231. The topological polar surface area (TPSA) is 18.5 Å². The first kappa shape index (κ1) is 13.7. The van der Waals surface area contributed by atoms with E-state index in [0.717, 1.165) is 25.2 Å². The van der Waals surface area contributed by atoms with Crippen molar-refractivity contribution in [2.24, 2.45) is 0 Å². The van der Waals surface area contributed by atoms with Crippen molar-refractivity contribution in [2.45, 2.75) is 10.9 Å². The van der Waals surface area contributed by atoms with E-state index in [1.54, 1.807) is 0 Å². The van der Waals surface area contributed by atoms with Gasteiger partial charge in [-0.2, -0.15) is 0 Å². The summed E-state index contributed by atoms with van der Waals surface area (Å²) in [7, 11) is 0. The van der Waals surface area contributed by atoms with Gasteiger partial charge in [-0.05, 0) is 34.1 Å². The van der Waals surface area contributed by atoms with Gasteiger partial charge in [0.15, 0.2) is 17.6 Å². The number of ether oxygens (including phenoxy) is 2. The maximum absolute atomic E-state index is 6.07. The number of fused-ring (bicyclic) bond motifs is 1. The van der Waals surface area contributed by atoms with Crippen molar-refractivity contribution in [3.8, 4) is 11.5 Å². The molecule has 0 fully saturated rings. The molecule has 6 heteroatoms. The smallest absolute Gasteiger partial charge is 0.161 e. The average molecular weight is 425 g/mol. The van der Waals surface area contributed by atoms with Gasteiger partial charge in [0, 0.05) is 9.35 Å². The number of para-hydroxylation sites is 2. The highest BCUT2D eigenvalue weighted by Gasteiger charge is 2.29. The minimum atomic E-state index is -0.0727. The Labute approximate surface area is 136 Å². The number of thiophene rings is 1. The van der Waals surface area contributed by atoms with Crippen molar-refractivity contribution in [2.75, 3.05) is 6.61 Å². The van der Waals surface area contributed by atoms with E-state index in [4.69, 9.17) is 21.1 Å². The van der Waals surface area contributed by atoms with Crippen LogP contribution < -0.4 is 9.47 Å². The Morgan fingerprint density at radius 3 is 2.74 bits per heavy atom. The zero-order chi connectivity index (χ0) is 13.4. The lowest BCUT2D eigenvalue weighted by Crippen LogP contribution is -2.32. The van der Waals surface area contributed by atoms with Crippen LogP contribution in [-0.2, 0) is 0 Å². The maximum Gasteiger partial charge on any atom is 0.161 e. The fourth-order valence-electron chi connectivity index (χ4n) is 1.86. The first-order valence-electron chi connectivity index (χ1n) is 5.62. The van der Waals surface area contributed by atoms with Crippen LogP contribution in [0, 0.1) is 0 Å². The molecule has 2 heterocycles. The molecule has 1 aromatic heterocycles. The molecule has 0 bridgehead atoms. The van der Waals surface area contributed by atoms with Crippen molar-refractivity contribution in [1.82, 2.24) is 0 Å². The third-order valence-electron chi connectivity index (χ3n) is 2.79. The predicted octanol–water partition coefficient (Wildman–Crippen LogP) is 5.44. The Kier molecular flexibility index (Phi) is 4.08. The van der Waals surface area contributed by atoms with Crippen molar-refractivity contribution in [1.29, 1.82) is 0 Å². The molecule has 0 amide bonds. The number of rotatable bonds is 2. The molecule has 0 N–H and O–H groups in total. The van der Waals surface area contributed by atoms with Gasteiger partial charge >= 0.3 is 0 Å². The zero-order valence-corrected chi connectivity index (χ0v) is 14.4. The summed E-state index contributed by atoms with van der Waals surface area (Å²) >= 11 is 14.7. The van der Waals surface area contributed by atoms with E-state index in [2.05, 4.69) is 31.9 Å². The van der Waals surface area contributed by atoms with E-state index >= 15 is 0 Å². The van der Waals surface area contributed by atoms with Crippen LogP contribution in [0.2, 0.25) is 4.34 Å². The van der Waals surface area contributed by atoms with E-state index < -0.39 is 0 Å². The highest BCUT2D eigenvalue weighted by Crippen LogP contribution is 2.42. The number of hydrogen-bond donors (Lipinski definition) is 0. The lowest BCUT2D eigenvalue weighted by molar-refractivity contribution is 0.0910. The molecule has 19 heavy (non-hydrogen) atoms. The van der Waals surface area contributed by atoms with E-state index in [1.807, 2.05) is 30.3 Å². The van der Waals surface area contributed by atoms with Gasteiger partial charge in [-0.15, -0.1) is 11.3 Å². The predicted molar refractivity (Wildman–Crippen MR) is 85.1 cm³/mol. The first-order valence-corrected chi connectivity index (χ1v) is 8.53. The van der Waals surface area contributed by atoms with Crippen LogP contribution in [0.5, 0.6) is 11.5 Å². The van der Waals surface area contributed by atoms with Crippen molar-refractivity contribution in [3.63, 3.8) is 0 Å². The third-order valence-corrected chi connectivity index (χ3v) is 6.74. The van der Waals surface area contributed by atoms with E-state index in [0.29, 0.717) is 6.61 Å². The number of hydrogen-bond acceptors (Lipinski definition) is 3. The van der Waals surface area contributed by atoms with Gasteiger partial charge in [0.1, 0.15) is 10.9 Å². The Bertz CT molecular complexity index is 583. The monoisotopic (exact) mass is 422 g/mol. The maximum atomic E-state index is 6.07. The summed E-state index contributed by atoms with van der Waals surface area (Å²) in [5.74, 6) is 1.58. The first-order chi connectivity index (χ1) is 9.15. The lowest BCUT2D eigenvalue weighted by Gasteiger charge is -2.29. The summed E-state index contributed by atoms with van der Waals surface area (Å²) in [5.41, 5.74) is 0. The molecular weight excluding hydrogens is 415 g/mol. The minimum Gasteiger partial charge on any atom is -0.486 e. The van der Waals surface area contributed by atoms with Gasteiger partial charge < -0.3 is 9.47 Å². The third kappa shape index (κ3) is 2.79. The Morgan fingerprint density at radius 1 is 1.32 bits per heavy atom. The second-order valence-electron chi connectivity index (χ2n) is 4.09. The molecular formula is C13H9Br2ClO2S. The van der Waals surface area contributed by atoms with Crippen LogP contribution in [0.4, 0.5) is 0 Å². The van der Waals surface area contributed by atoms with Crippen LogP contribution in [0.3, 0.4) is 0 Å². The van der Waals surface area contributed by atoms with Crippen molar-refractivity contribution >= 4 is 54.8 Å². The summed E-state index contributed by atoms with van der Waals surface area (Å²) in [4.78, 5) is 1.17. The average Bonchev–Trinajstić information content (AvgIpc) is 2.77. The Morgan fingerprint density at radius 2 is 2.05 bits per heavy atom. The Hall–Kier alpha value is -0.230. The fourth-order valence-corrected chi connectivity index (χ4v) is 4.30. The highest BCUT2D eigenvalue weighted by atomic mass is 79.9. The quantitative estimate of drug-likeness (QED) is 0.598. The number of alkyl halides is 1. The summed E-state index contributed by atoms with van der Waals surface area (Å²) in [6.07, 6.45) is -0.0727. The summed E-state index contributed by atoms with van der Waals surface area (Å²) in [6.45, 7) is 0.514. The van der Waals surface area contributed by atoms with Crippen LogP contribution >= 0.6 is 54.8 Å². The van der Waals surface area contributed by atoms with Gasteiger partial charge in [-0.3, -0.25) is 0 Å². The zero-order valence-electron chi connectivity index (χ0n) is 9.61. The molecule has 3 rings (SSSR count). The molecule has 0 aliphatic carbocycles. The molecule has 2 nitrogen and oxygen atoms in total. The van der Waals surface area contributed by atoms with Crippen molar-refractivity contribution < 1.29 is 9.47 Å². The van der Waals surface area contributed by atoms with E-state index in [9.17, 15) is 0 Å². The standard InChI is InChI=1S/C13H9Br2ClO2S/c14-7-5-11(19-13(7)16)12(15)10-6-17-8-3-1-2-4-9(8)18-10/h1-5,10,12H,6H2. The minimum absolute atomic E-state index is 0.0506. The molecule has 0 spiro atoms. The lowest BCUT2D eigenvalue weighted by atomic mass is 10.2. The molecule has 100 valence electrons. The van der Waals surface area contributed by atoms with Crippen LogP contribution in [-0.4, -0.2) is 12.7 Å². The highest BCUT2D eigenvalue weighted by molar-refractivity contribution is 9.10. The molecule has 0 saturated carbocycles. The molecule has 2 aromatic rings. The molecule has 0 radical (unpaired) electrons. The van der Waals surface area contributed by atoms with Gasteiger partial charge in [-0.1, -0.05) is 39.7 Å². The van der Waals surface area contributed by atoms with E-state index in [-0.39, 0.29) is 10.9 Å². The summed E-state index contributed by atoms with van der Waals surface area (Å²) < 4.78 is 13.4. The molecule has 0 saturated heterocycles. The van der Waals surface area contributed by atoms with Crippen LogP contribution in [0.1, 0.15) is 9.70 Å².